The number of thiophene rings is 1. The van der Waals surface area contributed by atoms with Crippen molar-refractivity contribution in [3.8, 4) is 10.6 Å². The van der Waals surface area contributed by atoms with E-state index in [4.69, 9.17) is 4.98 Å². The third-order valence-corrected chi connectivity index (χ3v) is 8.95. The van der Waals surface area contributed by atoms with Gasteiger partial charge < -0.3 is 5.32 Å². The number of nitrogens with one attached hydrogen (secondary N) is 1. The van der Waals surface area contributed by atoms with Crippen LogP contribution < -0.4 is 5.32 Å². The Hall–Kier alpha value is -2.59. The van der Waals surface area contributed by atoms with Crippen molar-refractivity contribution in [1.29, 1.82) is 0 Å². The van der Waals surface area contributed by atoms with Crippen molar-refractivity contribution in [2.45, 2.75) is 18.7 Å². The first-order valence-corrected chi connectivity index (χ1v) is 13.5. The molecule has 9 heteroatoms. The molecule has 0 fully saturated rings. The van der Waals surface area contributed by atoms with Crippen LogP contribution in [0.2, 0.25) is 0 Å². The lowest BCUT2D eigenvalue weighted by Crippen LogP contribution is -2.30. The van der Waals surface area contributed by atoms with Gasteiger partial charge in [-0.15, -0.1) is 11.3 Å². The number of pyridine rings is 1. The van der Waals surface area contributed by atoms with Crippen molar-refractivity contribution in [2.75, 3.05) is 18.4 Å². The minimum Gasteiger partial charge on any atom is -0.322 e. The van der Waals surface area contributed by atoms with E-state index in [1.165, 1.54) is 16.4 Å². The molecule has 6 nitrogen and oxygen atoms in total. The number of sulfonamides is 1. The molecular weight excluding hydrogens is 522 g/mol. The van der Waals surface area contributed by atoms with Crippen LogP contribution in [0.15, 0.2) is 75.4 Å². The third-order valence-electron chi connectivity index (χ3n) is 5.24. The van der Waals surface area contributed by atoms with Crippen molar-refractivity contribution in [3.05, 3.63) is 76.1 Å². The fourth-order valence-electron chi connectivity index (χ4n) is 3.56. The normalized spacial score (nSPS) is 11.8. The molecule has 2 heterocycles. The number of benzene rings is 2. The van der Waals surface area contributed by atoms with E-state index >= 15 is 0 Å². The quantitative estimate of drug-likeness (QED) is 0.309. The van der Waals surface area contributed by atoms with Crippen LogP contribution >= 0.6 is 27.3 Å². The maximum Gasteiger partial charge on any atom is 0.256 e. The zero-order valence-corrected chi connectivity index (χ0v) is 21.3. The third kappa shape index (κ3) is 4.86. The first-order chi connectivity index (χ1) is 15.8. The zero-order chi connectivity index (χ0) is 23.6. The number of para-hydroxylation sites is 1. The summed E-state index contributed by atoms with van der Waals surface area (Å²) in [6, 6.07) is 19.4. The molecule has 0 saturated heterocycles. The summed E-state index contributed by atoms with van der Waals surface area (Å²) in [6.45, 7) is 4.40. The number of fused-ring (bicyclic) bond motifs is 1. The van der Waals surface area contributed by atoms with E-state index < -0.39 is 10.0 Å². The highest BCUT2D eigenvalue weighted by Gasteiger charge is 2.21. The molecule has 0 spiro atoms. The Labute approximate surface area is 205 Å². The van der Waals surface area contributed by atoms with Gasteiger partial charge in [-0.25, -0.2) is 13.4 Å². The van der Waals surface area contributed by atoms with Crippen LogP contribution in [0.4, 0.5) is 5.69 Å². The molecule has 4 rings (SSSR count). The van der Waals surface area contributed by atoms with E-state index in [0.29, 0.717) is 24.3 Å². The van der Waals surface area contributed by atoms with Gasteiger partial charge in [0.1, 0.15) is 0 Å². The standard InChI is InChI=1S/C24H22BrN3O3S2/c1-3-28(4-2)33(30,31)17-11-9-16(10-12-17)26-24(29)19-15-21(22-13-14-23(25)32-22)27-20-8-6-5-7-18(19)20/h5-15H,3-4H2,1-2H3,(H,26,29). The molecule has 0 aliphatic rings. The molecule has 0 bridgehead atoms. The van der Waals surface area contributed by atoms with Gasteiger partial charge in [0, 0.05) is 24.2 Å². The monoisotopic (exact) mass is 543 g/mol. The first-order valence-electron chi connectivity index (χ1n) is 10.4. The summed E-state index contributed by atoms with van der Waals surface area (Å²) in [5.41, 5.74) is 2.46. The van der Waals surface area contributed by atoms with Gasteiger partial charge in [0.15, 0.2) is 0 Å². The summed E-state index contributed by atoms with van der Waals surface area (Å²) in [5, 5.41) is 3.63. The van der Waals surface area contributed by atoms with Crippen LogP contribution in [0.1, 0.15) is 24.2 Å². The van der Waals surface area contributed by atoms with Gasteiger partial charge in [0.25, 0.3) is 5.91 Å². The second-order valence-electron chi connectivity index (χ2n) is 7.24. The number of carbonyl (C=O) groups excluding carboxylic acids is 1. The Kier molecular flexibility index (Phi) is 6.94. The zero-order valence-electron chi connectivity index (χ0n) is 18.1. The number of anilines is 1. The van der Waals surface area contributed by atoms with Crippen LogP contribution in [0.25, 0.3) is 21.5 Å². The van der Waals surface area contributed by atoms with Gasteiger partial charge in [-0.2, -0.15) is 4.31 Å². The fraction of sp³-hybridized carbons (Fsp3) is 0.167. The number of hydrogen-bond donors (Lipinski definition) is 1. The maximum absolute atomic E-state index is 13.2. The molecule has 1 N–H and O–H groups in total. The Morgan fingerprint density at radius 2 is 1.73 bits per heavy atom. The molecule has 0 unspecified atom stereocenters. The molecule has 0 radical (unpaired) electrons. The summed E-state index contributed by atoms with van der Waals surface area (Å²) in [6.07, 6.45) is 0. The van der Waals surface area contributed by atoms with Crippen LogP contribution in [-0.2, 0) is 10.0 Å². The second kappa shape index (κ2) is 9.72. The molecule has 1 amide bonds. The Morgan fingerprint density at radius 3 is 2.36 bits per heavy atom. The maximum atomic E-state index is 13.2. The van der Waals surface area contributed by atoms with Gasteiger partial charge in [-0.1, -0.05) is 32.0 Å². The Morgan fingerprint density at radius 1 is 1.03 bits per heavy atom. The largest absolute Gasteiger partial charge is 0.322 e. The minimum atomic E-state index is -3.55. The van der Waals surface area contributed by atoms with Crippen LogP contribution in [-0.4, -0.2) is 36.7 Å². The number of rotatable bonds is 7. The molecule has 0 aliphatic heterocycles. The number of halogens is 1. The van der Waals surface area contributed by atoms with Gasteiger partial charge >= 0.3 is 0 Å². The molecule has 0 atom stereocenters. The van der Waals surface area contributed by atoms with E-state index in [0.717, 1.165) is 25.3 Å². The first kappa shape index (κ1) is 23.6. The van der Waals surface area contributed by atoms with Crippen LogP contribution in [0.5, 0.6) is 0 Å². The topological polar surface area (TPSA) is 79.4 Å². The van der Waals surface area contributed by atoms with Gasteiger partial charge in [0.05, 0.1) is 30.3 Å². The summed E-state index contributed by atoms with van der Waals surface area (Å²) in [7, 11) is -3.55. The smallest absolute Gasteiger partial charge is 0.256 e. The highest BCUT2D eigenvalue weighted by atomic mass is 79.9. The van der Waals surface area contributed by atoms with Crippen molar-refractivity contribution >= 4 is 59.8 Å². The van der Waals surface area contributed by atoms with Crippen molar-refractivity contribution in [3.63, 3.8) is 0 Å². The lowest BCUT2D eigenvalue weighted by atomic mass is 10.1. The average molecular weight is 544 g/mol. The Bertz CT molecular complexity index is 1410. The lowest BCUT2D eigenvalue weighted by Gasteiger charge is -2.18. The fourth-order valence-corrected chi connectivity index (χ4v) is 6.37. The average Bonchev–Trinajstić information content (AvgIpc) is 3.25. The second-order valence-corrected chi connectivity index (χ2v) is 11.6. The SMILES string of the molecule is CCN(CC)S(=O)(=O)c1ccc(NC(=O)c2cc(-c3ccc(Br)s3)nc3ccccc23)cc1. The summed E-state index contributed by atoms with van der Waals surface area (Å²) in [5.74, 6) is -0.287. The molecule has 0 saturated carbocycles. The molecule has 170 valence electrons. The number of amides is 1. The minimum absolute atomic E-state index is 0.198. The van der Waals surface area contributed by atoms with Gasteiger partial charge in [-0.3, -0.25) is 4.79 Å². The van der Waals surface area contributed by atoms with Gasteiger partial charge in [-0.05, 0) is 64.5 Å². The van der Waals surface area contributed by atoms with Crippen LogP contribution in [0, 0.1) is 0 Å². The van der Waals surface area contributed by atoms with Crippen molar-refractivity contribution < 1.29 is 13.2 Å². The lowest BCUT2D eigenvalue weighted by molar-refractivity contribution is 0.102. The summed E-state index contributed by atoms with van der Waals surface area (Å²) < 4.78 is 27.8. The van der Waals surface area contributed by atoms with Gasteiger partial charge in [0.2, 0.25) is 10.0 Å². The van der Waals surface area contributed by atoms with E-state index in [2.05, 4.69) is 21.2 Å². The number of hydrogen-bond acceptors (Lipinski definition) is 5. The summed E-state index contributed by atoms with van der Waals surface area (Å²) >= 11 is 5.02. The van der Waals surface area contributed by atoms with Crippen molar-refractivity contribution in [2.24, 2.45) is 0 Å². The predicted octanol–water partition coefficient (Wildman–Crippen LogP) is 6.01. The molecular formula is C24H22BrN3O3S2. The number of carbonyl (C=O) groups is 1. The van der Waals surface area contributed by atoms with E-state index in [9.17, 15) is 13.2 Å². The molecule has 33 heavy (non-hydrogen) atoms. The Balaban J connectivity index is 1.65. The number of aromatic nitrogens is 1. The summed E-state index contributed by atoms with van der Waals surface area (Å²) in [4.78, 5) is 19.1. The van der Waals surface area contributed by atoms with Crippen LogP contribution in [0.3, 0.4) is 0 Å². The van der Waals surface area contributed by atoms with E-state index in [-0.39, 0.29) is 10.8 Å². The molecule has 2 aromatic carbocycles. The van der Waals surface area contributed by atoms with E-state index in [1.807, 2.05) is 36.4 Å². The predicted molar refractivity (Wildman–Crippen MR) is 137 cm³/mol. The molecule has 4 aromatic rings. The van der Waals surface area contributed by atoms with E-state index in [1.54, 1.807) is 43.4 Å². The highest BCUT2D eigenvalue weighted by Crippen LogP contribution is 2.32. The number of nitrogens with zero attached hydrogens (tertiary/aromatic N) is 2. The molecule has 2 aromatic heterocycles. The highest BCUT2D eigenvalue weighted by molar-refractivity contribution is 9.11. The molecule has 0 aliphatic carbocycles. The van der Waals surface area contributed by atoms with Crippen molar-refractivity contribution in [1.82, 2.24) is 9.29 Å².